The van der Waals surface area contributed by atoms with Crippen molar-refractivity contribution >= 4 is 11.4 Å². The van der Waals surface area contributed by atoms with Gasteiger partial charge in [0.1, 0.15) is 0 Å². The fraction of sp³-hybridized carbons (Fsp3) is 0.667. The van der Waals surface area contributed by atoms with Gasteiger partial charge in [0.2, 0.25) is 11.4 Å². The van der Waals surface area contributed by atoms with Crippen molar-refractivity contribution in [3.05, 3.63) is 87.0 Å². The Morgan fingerprint density at radius 1 is 0.380 bits per heavy atom. The Bertz CT molecular complexity index is 1250. The summed E-state index contributed by atoms with van der Waals surface area (Å²) in [5.41, 5.74) is 23.6. The average molecular weight is 681 g/mol. The first-order valence-electron chi connectivity index (χ1n) is 21.7. The molecular formula is C48H76N2. The third-order valence-corrected chi connectivity index (χ3v) is 10.8. The Kier molecular flexibility index (Phi) is 21.4. The first-order valence-corrected chi connectivity index (χ1v) is 21.7. The lowest BCUT2D eigenvalue weighted by Gasteiger charge is -2.15. The zero-order valence-electron chi connectivity index (χ0n) is 33.5. The lowest BCUT2D eigenvalue weighted by Crippen LogP contribution is -2.05. The van der Waals surface area contributed by atoms with E-state index in [1.807, 2.05) is 0 Å². The van der Waals surface area contributed by atoms with Crippen LogP contribution in [-0.2, 0) is 25.7 Å². The Hall–Kier alpha value is -2.48. The van der Waals surface area contributed by atoms with E-state index in [1.54, 1.807) is 4.70 Å². The molecule has 50 heavy (non-hydrogen) atoms. The molecule has 0 aromatic heterocycles. The molecule has 1 aliphatic heterocycles. The van der Waals surface area contributed by atoms with E-state index in [2.05, 4.69) is 77.1 Å². The van der Waals surface area contributed by atoms with Gasteiger partial charge in [0, 0.05) is 22.8 Å². The number of allylic oxidation sites excluding steroid dienone is 2. The van der Waals surface area contributed by atoms with Crippen LogP contribution < -0.4 is 0 Å². The van der Waals surface area contributed by atoms with E-state index in [4.69, 9.17) is 0 Å². The van der Waals surface area contributed by atoms with Crippen LogP contribution in [0.5, 0.6) is 0 Å². The van der Waals surface area contributed by atoms with Gasteiger partial charge in [-0.2, -0.15) is 0 Å². The van der Waals surface area contributed by atoms with Crippen molar-refractivity contribution < 1.29 is 4.70 Å². The molecule has 0 N–H and O–H groups in total. The highest BCUT2D eigenvalue weighted by molar-refractivity contribution is 5.79. The minimum absolute atomic E-state index is 0.968. The average Bonchev–Trinajstić information content (AvgIpc) is 3.46. The summed E-state index contributed by atoms with van der Waals surface area (Å²) in [4.78, 5) is 0. The van der Waals surface area contributed by atoms with Crippen molar-refractivity contribution in [2.75, 3.05) is 0 Å². The van der Waals surface area contributed by atoms with E-state index in [9.17, 15) is 5.53 Å². The minimum Gasteiger partial charge on any atom is -0.493 e. The molecule has 0 radical (unpaired) electrons. The van der Waals surface area contributed by atoms with Crippen molar-refractivity contribution in [2.24, 2.45) is 0 Å². The number of unbranched alkanes of at least 4 members (excludes halogenated alkanes) is 17. The Labute approximate surface area is 310 Å². The molecule has 0 bridgehead atoms. The Morgan fingerprint density at radius 3 is 1.12 bits per heavy atom. The third kappa shape index (κ3) is 15.0. The summed E-state index contributed by atoms with van der Waals surface area (Å²) < 4.78 is 1.58. The van der Waals surface area contributed by atoms with Crippen LogP contribution in [0.1, 0.15) is 216 Å². The van der Waals surface area contributed by atoms with Gasteiger partial charge in [-0.1, -0.05) is 156 Å². The van der Waals surface area contributed by atoms with Crippen LogP contribution in [-0.4, -0.2) is 4.70 Å². The zero-order valence-corrected chi connectivity index (χ0v) is 33.5. The summed E-state index contributed by atoms with van der Waals surface area (Å²) in [5, 5.41) is 0. The molecule has 2 aromatic carbocycles. The molecule has 278 valence electrons. The van der Waals surface area contributed by atoms with Crippen molar-refractivity contribution in [1.82, 2.24) is 0 Å². The highest BCUT2D eigenvalue weighted by Crippen LogP contribution is 2.39. The minimum atomic E-state index is 0.968. The molecule has 0 amide bonds. The number of hydrogen-bond acceptors (Lipinski definition) is 0. The smallest absolute Gasteiger partial charge is 0.210 e. The predicted octanol–water partition coefficient (Wildman–Crippen LogP) is 15.7. The molecule has 0 fully saturated rings. The van der Waals surface area contributed by atoms with Gasteiger partial charge in [-0.3, -0.25) is 0 Å². The molecule has 1 aliphatic rings. The molecule has 1 heterocycles. The van der Waals surface area contributed by atoms with Crippen LogP contribution >= 0.6 is 0 Å². The molecule has 2 heteroatoms. The van der Waals surface area contributed by atoms with Gasteiger partial charge in [0.25, 0.3) is 0 Å². The van der Waals surface area contributed by atoms with Crippen LogP contribution in [0.15, 0.2) is 48.0 Å². The fourth-order valence-electron chi connectivity index (χ4n) is 7.74. The van der Waals surface area contributed by atoms with Crippen LogP contribution in [0.25, 0.3) is 16.9 Å². The first-order chi connectivity index (χ1) is 24.5. The summed E-state index contributed by atoms with van der Waals surface area (Å²) >= 11 is 0. The second-order valence-corrected chi connectivity index (χ2v) is 15.6. The Balaban J connectivity index is 1.92. The maximum Gasteiger partial charge on any atom is 0.210 e. The largest absolute Gasteiger partial charge is 0.493 e. The van der Waals surface area contributed by atoms with Gasteiger partial charge in [0.05, 0.1) is 0 Å². The van der Waals surface area contributed by atoms with Crippen LogP contribution in [0.4, 0.5) is 0 Å². The van der Waals surface area contributed by atoms with E-state index in [0.717, 1.165) is 56.3 Å². The number of aryl methyl sites for hydroxylation is 4. The fourth-order valence-corrected chi connectivity index (χ4v) is 7.74. The van der Waals surface area contributed by atoms with Crippen molar-refractivity contribution in [1.29, 1.82) is 0 Å². The second kappa shape index (κ2) is 25.5. The molecule has 0 unspecified atom stereocenters. The predicted molar refractivity (Wildman–Crippen MR) is 221 cm³/mol. The van der Waals surface area contributed by atoms with Gasteiger partial charge in [-0.25, -0.2) is 4.70 Å². The van der Waals surface area contributed by atoms with Gasteiger partial charge in [-0.05, 0) is 111 Å². The highest BCUT2D eigenvalue weighted by atomic mass is 15.2. The first kappa shape index (κ1) is 41.9. The number of nitrogens with zero attached hydrogens (tertiary/aromatic N) is 2. The van der Waals surface area contributed by atoms with E-state index in [-0.39, 0.29) is 0 Å². The van der Waals surface area contributed by atoms with Gasteiger partial charge < -0.3 is 5.53 Å². The summed E-state index contributed by atoms with van der Waals surface area (Å²) in [6.07, 6.45) is 36.3. The lowest BCUT2D eigenvalue weighted by atomic mass is 9.94. The van der Waals surface area contributed by atoms with E-state index in [1.165, 1.54) is 167 Å². The van der Waals surface area contributed by atoms with Crippen LogP contribution in [0.3, 0.4) is 0 Å². The van der Waals surface area contributed by atoms with Gasteiger partial charge in [-0.15, -0.1) is 0 Å². The monoisotopic (exact) mass is 681 g/mol. The van der Waals surface area contributed by atoms with Crippen LogP contribution in [0, 0.1) is 0 Å². The van der Waals surface area contributed by atoms with E-state index in [0.29, 0.717) is 0 Å². The summed E-state index contributed by atoms with van der Waals surface area (Å²) in [6.45, 7) is 11.5. The summed E-state index contributed by atoms with van der Waals surface area (Å²) in [6, 6.07) is 14.6. The molecule has 2 nitrogen and oxygen atoms in total. The van der Waals surface area contributed by atoms with E-state index >= 15 is 0 Å². The van der Waals surface area contributed by atoms with Crippen LogP contribution in [0.2, 0.25) is 0 Å². The molecule has 0 atom stereocenters. The number of benzene rings is 2. The molecule has 0 aliphatic carbocycles. The van der Waals surface area contributed by atoms with Crippen molar-refractivity contribution in [3.63, 3.8) is 0 Å². The lowest BCUT2D eigenvalue weighted by molar-refractivity contribution is -0.344. The molecule has 3 rings (SSSR count). The molecular weight excluding hydrogens is 605 g/mol. The SMILES string of the molecule is CCCCCCCCc1cc(CCCCCCCC)cc(C2=C(CCCC)C=C(c3cc(CCCCCC)cc(CCCCCC)c3)[N+]2=[N-])c1. The van der Waals surface area contributed by atoms with E-state index < -0.39 is 0 Å². The maximum absolute atomic E-state index is 12.2. The maximum atomic E-state index is 12.2. The number of hydrogen-bond donors (Lipinski definition) is 0. The zero-order chi connectivity index (χ0) is 35.8. The molecule has 0 saturated heterocycles. The molecule has 2 aromatic rings. The summed E-state index contributed by atoms with van der Waals surface area (Å²) in [7, 11) is 0. The topological polar surface area (TPSA) is 25.3 Å². The summed E-state index contributed by atoms with van der Waals surface area (Å²) in [5.74, 6) is 0. The van der Waals surface area contributed by atoms with Crippen molar-refractivity contribution in [3.8, 4) is 0 Å². The normalized spacial score (nSPS) is 13.1. The second-order valence-electron chi connectivity index (χ2n) is 15.6. The highest BCUT2D eigenvalue weighted by Gasteiger charge is 2.29. The molecule has 0 saturated carbocycles. The van der Waals surface area contributed by atoms with Crippen molar-refractivity contribution in [2.45, 2.75) is 208 Å². The standard InChI is InChI=1S/C48H76N2/c1-6-11-16-20-22-26-30-42-34-43(31-27-23-21-17-12-7-2)38-46(37-42)48-44(32-15-10-5)39-47(50(48)49)45-35-40(28-24-18-13-8-3)33-41(36-45)29-25-19-14-9-4/h33-39H,6-32H2,1-5H3. The van der Waals surface area contributed by atoms with Gasteiger partial charge >= 0.3 is 0 Å². The number of rotatable bonds is 29. The third-order valence-electron chi connectivity index (χ3n) is 10.8. The van der Waals surface area contributed by atoms with Gasteiger partial charge in [0.15, 0.2) is 0 Å². The Morgan fingerprint density at radius 2 is 0.720 bits per heavy atom. The molecule has 0 spiro atoms. The quantitative estimate of drug-likeness (QED) is 0.0604.